The predicted octanol–water partition coefficient (Wildman–Crippen LogP) is 5.37. The van der Waals surface area contributed by atoms with Gasteiger partial charge >= 0.3 is 12.0 Å². The van der Waals surface area contributed by atoms with Crippen molar-refractivity contribution in [1.29, 1.82) is 0 Å². The maximum Gasteiger partial charge on any atom is 0.317 e. The molecule has 6 nitrogen and oxygen atoms in total. The van der Waals surface area contributed by atoms with Crippen LogP contribution in [0.3, 0.4) is 0 Å². The number of hydrogen-bond donors (Lipinski definition) is 2. The van der Waals surface area contributed by atoms with E-state index in [0.717, 1.165) is 22.3 Å². The number of methoxy groups -OCH3 is 1. The molecule has 0 aliphatic rings. The Hall–Kier alpha value is -3.51. The molecule has 0 saturated heterocycles. The lowest BCUT2D eigenvalue weighted by Gasteiger charge is -2.23. The third kappa shape index (κ3) is 6.73. The second-order valence-electron chi connectivity index (χ2n) is 7.60. The van der Waals surface area contributed by atoms with Crippen LogP contribution in [0.4, 0.5) is 4.79 Å². The summed E-state index contributed by atoms with van der Waals surface area (Å²) in [5.74, 6) is -0.272. The summed E-state index contributed by atoms with van der Waals surface area (Å²) < 4.78 is 5.40. The van der Waals surface area contributed by atoms with Crippen molar-refractivity contribution in [1.82, 2.24) is 10.2 Å². The van der Waals surface area contributed by atoms with E-state index in [1.165, 1.54) is 0 Å². The van der Waals surface area contributed by atoms with Gasteiger partial charge < -0.3 is 20.1 Å². The molecule has 0 aromatic heterocycles. The molecule has 0 spiro atoms. The molecule has 0 fully saturated rings. The molecule has 3 aromatic rings. The van der Waals surface area contributed by atoms with Gasteiger partial charge in [0.2, 0.25) is 0 Å². The number of ether oxygens (including phenoxy) is 1. The zero-order chi connectivity index (χ0) is 23.8. The van der Waals surface area contributed by atoms with Gasteiger partial charge in [0.15, 0.2) is 0 Å². The Bertz CT molecular complexity index is 1120. The van der Waals surface area contributed by atoms with Crippen LogP contribution in [0.5, 0.6) is 5.75 Å². The molecular formula is C26H27ClN2O4. The second kappa shape index (κ2) is 11.4. The molecular weight excluding hydrogens is 440 g/mol. The van der Waals surface area contributed by atoms with Crippen LogP contribution in [0.15, 0.2) is 66.7 Å². The molecule has 0 saturated carbocycles. The molecule has 3 rings (SSSR count). The Balaban J connectivity index is 1.87. The lowest BCUT2D eigenvalue weighted by atomic mass is 9.96. The molecule has 0 aliphatic carbocycles. The first-order chi connectivity index (χ1) is 15.9. The largest absolute Gasteiger partial charge is 0.497 e. The number of hydrogen-bond acceptors (Lipinski definition) is 3. The fourth-order valence-corrected chi connectivity index (χ4v) is 3.85. The summed E-state index contributed by atoms with van der Waals surface area (Å²) in [6, 6.07) is 20.5. The zero-order valence-electron chi connectivity index (χ0n) is 18.7. The molecule has 33 heavy (non-hydrogen) atoms. The minimum absolute atomic E-state index is 0.129. The second-order valence-corrected chi connectivity index (χ2v) is 8.04. The van der Waals surface area contributed by atoms with Gasteiger partial charge in [0.1, 0.15) is 5.75 Å². The molecule has 2 amide bonds. The Morgan fingerprint density at radius 3 is 2.45 bits per heavy atom. The molecule has 0 heterocycles. The summed E-state index contributed by atoms with van der Waals surface area (Å²) >= 11 is 6.29. The van der Waals surface area contributed by atoms with Crippen LogP contribution in [0.2, 0.25) is 5.02 Å². The van der Waals surface area contributed by atoms with Crippen molar-refractivity contribution in [2.24, 2.45) is 0 Å². The van der Waals surface area contributed by atoms with Crippen molar-refractivity contribution in [3.63, 3.8) is 0 Å². The summed E-state index contributed by atoms with van der Waals surface area (Å²) in [6.07, 6.45) is -0.129. The molecule has 7 heteroatoms. The highest BCUT2D eigenvalue weighted by Gasteiger charge is 2.16. The highest BCUT2D eigenvalue weighted by molar-refractivity contribution is 6.31. The van der Waals surface area contributed by atoms with E-state index < -0.39 is 5.97 Å². The van der Waals surface area contributed by atoms with Crippen LogP contribution in [-0.2, 0) is 24.3 Å². The zero-order valence-corrected chi connectivity index (χ0v) is 19.4. The minimum Gasteiger partial charge on any atom is -0.497 e. The topological polar surface area (TPSA) is 78.9 Å². The number of carboxylic acid groups (broad SMARTS) is 1. The van der Waals surface area contributed by atoms with Crippen LogP contribution in [0, 0.1) is 0 Å². The van der Waals surface area contributed by atoms with Gasteiger partial charge in [-0.15, -0.1) is 0 Å². The van der Waals surface area contributed by atoms with Crippen LogP contribution in [-0.4, -0.2) is 35.7 Å². The molecule has 0 atom stereocenters. The highest BCUT2D eigenvalue weighted by Crippen LogP contribution is 2.32. The van der Waals surface area contributed by atoms with Gasteiger partial charge in [-0.25, -0.2) is 4.79 Å². The Morgan fingerprint density at radius 2 is 1.79 bits per heavy atom. The first-order valence-electron chi connectivity index (χ1n) is 10.6. The van der Waals surface area contributed by atoms with Crippen molar-refractivity contribution in [3.8, 4) is 16.9 Å². The molecule has 172 valence electrons. The number of nitrogens with zero attached hydrogens (tertiary/aromatic N) is 1. The van der Waals surface area contributed by atoms with Gasteiger partial charge in [-0.05, 0) is 59.0 Å². The molecule has 2 N–H and O–H groups in total. The minimum atomic E-state index is -0.929. The Labute approximate surface area is 198 Å². The van der Waals surface area contributed by atoms with Crippen LogP contribution in [0.25, 0.3) is 11.1 Å². The van der Waals surface area contributed by atoms with E-state index >= 15 is 0 Å². The molecule has 0 aliphatic heterocycles. The van der Waals surface area contributed by atoms with Gasteiger partial charge in [-0.2, -0.15) is 0 Å². The van der Waals surface area contributed by atoms with Gasteiger partial charge in [-0.3, -0.25) is 4.79 Å². The fourth-order valence-electron chi connectivity index (χ4n) is 3.59. The molecule has 0 bridgehead atoms. The monoisotopic (exact) mass is 466 g/mol. The summed E-state index contributed by atoms with van der Waals surface area (Å²) in [5.41, 5.74) is 4.13. The lowest BCUT2D eigenvalue weighted by molar-refractivity contribution is -0.136. The Kier molecular flexibility index (Phi) is 8.33. The van der Waals surface area contributed by atoms with E-state index in [2.05, 4.69) is 5.32 Å². The summed E-state index contributed by atoms with van der Waals surface area (Å²) in [7, 11) is 1.59. The number of carbonyl (C=O) groups is 2. The van der Waals surface area contributed by atoms with Gasteiger partial charge in [-0.1, -0.05) is 54.1 Å². The van der Waals surface area contributed by atoms with Gasteiger partial charge in [0.25, 0.3) is 0 Å². The highest BCUT2D eigenvalue weighted by atomic mass is 35.5. The number of nitrogens with one attached hydrogen (secondary N) is 1. The van der Waals surface area contributed by atoms with Crippen molar-refractivity contribution < 1.29 is 19.4 Å². The maximum atomic E-state index is 12.9. The number of halogens is 1. The normalized spacial score (nSPS) is 10.5. The lowest BCUT2D eigenvalue weighted by Crippen LogP contribution is -2.39. The number of rotatable bonds is 9. The summed E-state index contributed by atoms with van der Waals surface area (Å²) in [5, 5.41) is 12.6. The number of benzene rings is 3. The van der Waals surface area contributed by atoms with Crippen molar-refractivity contribution in [3.05, 3.63) is 88.4 Å². The van der Waals surface area contributed by atoms with Gasteiger partial charge in [0.05, 0.1) is 13.5 Å². The van der Waals surface area contributed by atoms with E-state index in [4.69, 9.17) is 16.3 Å². The van der Waals surface area contributed by atoms with Crippen LogP contribution < -0.4 is 10.1 Å². The quantitative estimate of drug-likeness (QED) is 0.444. The van der Waals surface area contributed by atoms with Crippen molar-refractivity contribution in [2.75, 3.05) is 13.7 Å². The number of urea groups is 1. The van der Waals surface area contributed by atoms with Gasteiger partial charge in [0, 0.05) is 24.7 Å². The van der Waals surface area contributed by atoms with E-state index in [1.54, 1.807) is 24.1 Å². The first-order valence-corrected chi connectivity index (χ1v) is 11.0. The SMILES string of the molecule is CCN(Cc1ccc(OC)cc1-c1cc(Cl)cc(CC(=O)O)c1)C(=O)NCc1ccccc1. The third-order valence-electron chi connectivity index (χ3n) is 5.26. The molecule has 0 radical (unpaired) electrons. The maximum absolute atomic E-state index is 12.9. The smallest absolute Gasteiger partial charge is 0.317 e. The average Bonchev–Trinajstić information content (AvgIpc) is 2.80. The van der Waals surface area contributed by atoms with E-state index in [1.807, 2.05) is 61.5 Å². The standard InChI is InChI=1S/C26H27ClN2O4/c1-3-29(26(32)28-16-18-7-5-4-6-8-18)17-20-9-10-23(33-2)15-24(20)21-11-19(13-25(30)31)12-22(27)14-21/h4-12,14-15H,3,13,16-17H2,1-2H3,(H,28,32)(H,30,31). The average molecular weight is 467 g/mol. The molecule has 0 unspecified atom stereocenters. The van der Waals surface area contributed by atoms with Crippen LogP contribution in [0.1, 0.15) is 23.6 Å². The number of carboxylic acids is 1. The number of carbonyl (C=O) groups excluding carboxylic acids is 1. The van der Waals surface area contributed by atoms with Crippen LogP contribution >= 0.6 is 11.6 Å². The predicted molar refractivity (Wildman–Crippen MR) is 130 cm³/mol. The Morgan fingerprint density at radius 1 is 1.03 bits per heavy atom. The first kappa shape index (κ1) is 24.1. The van der Waals surface area contributed by atoms with E-state index in [9.17, 15) is 14.7 Å². The number of aliphatic carboxylic acids is 1. The third-order valence-corrected chi connectivity index (χ3v) is 5.48. The summed E-state index contributed by atoms with van der Waals surface area (Å²) in [6.45, 7) is 3.26. The van der Waals surface area contributed by atoms with Crippen molar-refractivity contribution in [2.45, 2.75) is 26.4 Å². The summed E-state index contributed by atoms with van der Waals surface area (Å²) in [4.78, 5) is 25.8. The fraction of sp³-hybridized carbons (Fsp3) is 0.231. The van der Waals surface area contributed by atoms with E-state index in [-0.39, 0.29) is 12.5 Å². The van der Waals surface area contributed by atoms with Crippen molar-refractivity contribution >= 4 is 23.6 Å². The number of amides is 2. The molecule has 3 aromatic carbocycles. The van der Waals surface area contributed by atoms with E-state index in [0.29, 0.717) is 36.0 Å².